The molecule has 2 rings (SSSR count). The van der Waals surface area contributed by atoms with Crippen molar-refractivity contribution < 1.29 is 0 Å². The largest absolute Gasteiger partial charge is 0.381 e. The van der Waals surface area contributed by atoms with E-state index in [2.05, 4.69) is 55.6 Å². The topological polar surface area (TPSA) is 12.0 Å². The maximum Gasteiger partial charge on any atom is 0.0400 e. The second-order valence-electron chi connectivity index (χ2n) is 4.77. The average Bonchev–Trinajstić information content (AvgIpc) is 2.46. The Labute approximate surface area is 110 Å². The molecule has 0 saturated heterocycles. The molecule has 1 N–H and O–H groups in total. The lowest BCUT2D eigenvalue weighted by atomic mass is 9.98. The van der Waals surface area contributed by atoms with E-state index in [0.717, 1.165) is 6.54 Å². The third-order valence-corrected chi connectivity index (χ3v) is 3.43. The lowest BCUT2D eigenvalue weighted by Crippen LogP contribution is -1.99. The van der Waals surface area contributed by atoms with Gasteiger partial charge in [-0.25, -0.2) is 0 Å². The molecule has 1 nitrogen and oxygen atoms in total. The average molecular weight is 239 g/mol. The molecule has 0 saturated carbocycles. The molecule has 0 fully saturated rings. The molecule has 0 bridgehead atoms. The van der Waals surface area contributed by atoms with Gasteiger partial charge in [0.1, 0.15) is 0 Å². The molecule has 2 aromatic carbocycles. The van der Waals surface area contributed by atoms with Crippen LogP contribution in [0.4, 0.5) is 5.69 Å². The van der Waals surface area contributed by atoms with Crippen molar-refractivity contribution >= 4 is 5.69 Å². The van der Waals surface area contributed by atoms with E-state index in [1.54, 1.807) is 0 Å². The van der Waals surface area contributed by atoms with Crippen LogP contribution in [0.5, 0.6) is 0 Å². The third-order valence-electron chi connectivity index (χ3n) is 3.43. The van der Waals surface area contributed by atoms with E-state index in [0.29, 0.717) is 5.92 Å². The molecular weight excluding hydrogens is 218 g/mol. The van der Waals surface area contributed by atoms with Gasteiger partial charge in [0.2, 0.25) is 0 Å². The minimum absolute atomic E-state index is 0.654. The zero-order valence-corrected chi connectivity index (χ0v) is 11.2. The van der Waals surface area contributed by atoms with Crippen molar-refractivity contribution in [2.24, 2.45) is 0 Å². The summed E-state index contributed by atoms with van der Waals surface area (Å²) in [6.45, 7) is 5.39. The van der Waals surface area contributed by atoms with Crippen LogP contribution in [0, 0.1) is 0 Å². The summed E-state index contributed by atoms with van der Waals surface area (Å²) >= 11 is 0. The van der Waals surface area contributed by atoms with Crippen LogP contribution < -0.4 is 5.32 Å². The Morgan fingerprint density at radius 1 is 0.944 bits per heavy atom. The van der Waals surface area contributed by atoms with Crippen LogP contribution in [0.3, 0.4) is 0 Å². The first-order valence-electron chi connectivity index (χ1n) is 6.67. The van der Waals surface area contributed by atoms with Crippen LogP contribution in [0.2, 0.25) is 0 Å². The second-order valence-corrected chi connectivity index (χ2v) is 4.77. The highest BCUT2D eigenvalue weighted by Gasteiger charge is 2.02. The van der Waals surface area contributed by atoms with Crippen LogP contribution in [0.25, 0.3) is 0 Å². The molecular formula is C17H21N. The van der Waals surface area contributed by atoms with Gasteiger partial charge < -0.3 is 5.32 Å². The number of anilines is 1. The summed E-state index contributed by atoms with van der Waals surface area (Å²) in [4.78, 5) is 0. The molecule has 0 aliphatic heterocycles. The van der Waals surface area contributed by atoms with Crippen molar-refractivity contribution in [3.8, 4) is 0 Å². The van der Waals surface area contributed by atoms with Gasteiger partial charge in [-0.2, -0.15) is 0 Å². The van der Waals surface area contributed by atoms with E-state index in [9.17, 15) is 0 Å². The molecule has 1 heteroatoms. The highest BCUT2D eigenvalue weighted by Crippen LogP contribution is 2.19. The zero-order valence-electron chi connectivity index (χ0n) is 11.2. The molecule has 0 amide bonds. The quantitative estimate of drug-likeness (QED) is 0.789. The Morgan fingerprint density at radius 2 is 1.61 bits per heavy atom. The number of rotatable bonds is 5. The van der Waals surface area contributed by atoms with Gasteiger partial charge in [-0.1, -0.05) is 56.3 Å². The molecule has 1 unspecified atom stereocenters. The van der Waals surface area contributed by atoms with Crippen LogP contribution in [0.1, 0.15) is 37.3 Å². The highest BCUT2D eigenvalue weighted by molar-refractivity contribution is 5.43. The molecule has 0 aromatic heterocycles. The van der Waals surface area contributed by atoms with Crippen molar-refractivity contribution in [2.45, 2.75) is 32.7 Å². The van der Waals surface area contributed by atoms with Gasteiger partial charge in [-0.3, -0.25) is 0 Å². The van der Waals surface area contributed by atoms with Gasteiger partial charge >= 0.3 is 0 Å². The van der Waals surface area contributed by atoms with Crippen LogP contribution >= 0.6 is 0 Å². The lowest BCUT2D eigenvalue weighted by Gasteiger charge is -2.10. The Kier molecular flexibility index (Phi) is 4.40. The summed E-state index contributed by atoms with van der Waals surface area (Å²) in [5, 5.41) is 3.42. The number of para-hydroxylation sites is 1. The van der Waals surface area contributed by atoms with E-state index in [1.165, 1.54) is 23.2 Å². The molecule has 2 aromatic rings. The molecule has 18 heavy (non-hydrogen) atoms. The number of hydrogen-bond acceptors (Lipinski definition) is 1. The standard InChI is InChI=1S/C17H21N/c1-3-14(2)16-11-9-15(10-12-16)13-18-17-7-5-4-6-8-17/h4-12,14,18H,3,13H2,1-2H3. The maximum absolute atomic E-state index is 3.42. The molecule has 0 aliphatic carbocycles. The van der Waals surface area contributed by atoms with E-state index >= 15 is 0 Å². The smallest absolute Gasteiger partial charge is 0.0400 e. The first kappa shape index (κ1) is 12.7. The molecule has 0 radical (unpaired) electrons. The van der Waals surface area contributed by atoms with Gasteiger partial charge in [0, 0.05) is 12.2 Å². The zero-order chi connectivity index (χ0) is 12.8. The Hall–Kier alpha value is -1.76. The van der Waals surface area contributed by atoms with Gasteiger partial charge in [0.15, 0.2) is 0 Å². The van der Waals surface area contributed by atoms with Gasteiger partial charge in [0.25, 0.3) is 0 Å². The first-order valence-corrected chi connectivity index (χ1v) is 6.67. The monoisotopic (exact) mass is 239 g/mol. The molecule has 0 heterocycles. The molecule has 94 valence electrons. The van der Waals surface area contributed by atoms with E-state index < -0.39 is 0 Å². The Bertz CT molecular complexity index is 459. The van der Waals surface area contributed by atoms with E-state index in [1.807, 2.05) is 18.2 Å². The lowest BCUT2D eigenvalue weighted by molar-refractivity contribution is 0.733. The summed E-state index contributed by atoms with van der Waals surface area (Å²) in [7, 11) is 0. The Balaban J connectivity index is 1.94. The van der Waals surface area contributed by atoms with Gasteiger partial charge in [0.05, 0.1) is 0 Å². The second kappa shape index (κ2) is 6.25. The minimum atomic E-state index is 0.654. The Morgan fingerprint density at radius 3 is 2.22 bits per heavy atom. The van der Waals surface area contributed by atoms with Gasteiger partial charge in [-0.05, 0) is 35.6 Å². The predicted octanol–water partition coefficient (Wildman–Crippen LogP) is 4.81. The maximum atomic E-state index is 3.42. The van der Waals surface area contributed by atoms with E-state index in [4.69, 9.17) is 0 Å². The molecule has 0 aliphatic rings. The highest BCUT2D eigenvalue weighted by atomic mass is 14.9. The fourth-order valence-corrected chi connectivity index (χ4v) is 1.96. The van der Waals surface area contributed by atoms with Crippen molar-refractivity contribution in [1.29, 1.82) is 0 Å². The normalized spacial score (nSPS) is 12.1. The first-order chi connectivity index (χ1) is 8.79. The fraction of sp³-hybridized carbons (Fsp3) is 0.294. The summed E-state index contributed by atoms with van der Waals surface area (Å²) in [6.07, 6.45) is 1.20. The summed E-state index contributed by atoms with van der Waals surface area (Å²) in [6, 6.07) is 19.2. The number of benzene rings is 2. The predicted molar refractivity (Wildman–Crippen MR) is 78.9 cm³/mol. The van der Waals surface area contributed by atoms with Crippen molar-refractivity contribution in [3.63, 3.8) is 0 Å². The SMILES string of the molecule is CCC(C)c1ccc(CNc2ccccc2)cc1. The third kappa shape index (κ3) is 3.36. The summed E-state index contributed by atoms with van der Waals surface area (Å²) in [5.41, 5.74) is 3.93. The summed E-state index contributed by atoms with van der Waals surface area (Å²) < 4.78 is 0. The van der Waals surface area contributed by atoms with Crippen LogP contribution in [-0.2, 0) is 6.54 Å². The van der Waals surface area contributed by atoms with Crippen LogP contribution in [0.15, 0.2) is 54.6 Å². The number of nitrogens with one attached hydrogen (secondary N) is 1. The van der Waals surface area contributed by atoms with Crippen molar-refractivity contribution in [2.75, 3.05) is 5.32 Å². The van der Waals surface area contributed by atoms with Gasteiger partial charge in [-0.15, -0.1) is 0 Å². The van der Waals surface area contributed by atoms with Crippen molar-refractivity contribution in [3.05, 3.63) is 65.7 Å². The van der Waals surface area contributed by atoms with Crippen LogP contribution in [-0.4, -0.2) is 0 Å². The minimum Gasteiger partial charge on any atom is -0.381 e. The number of hydrogen-bond donors (Lipinski definition) is 1. The summed E-state index contributed by atoms with van der Waals surface area (Å²) in [5.74, 6) is 0.654. The molecule has 1 atom stereocenters. The molecule has 0 spiro atoms. The van der Waals surface area contributed by atoms with Crippen molar-refractivity contribution in [1.82, 2.24) is 0 Å². The van der Waals surface area contributed by atoms with E-state index in [-0.39, 0.29) is 0 Å². The fourth-order valence-electron chi connectivity index (χ4n) is 1.96.